The summed E-state index contributed by atoms with van der Waals surface area (Å²) in [5, 5.41) is 3.36. The van der Waals surface area contributed by atoms with Crippen molar-refractivity contribution in [2.24, 2.45) is 0 Å². The van der Waals surface area contributed by atoms with Gasteiger partial charge in [0.2, 0.25) is 0 Å². The molecule has 1 amide bonds. The normalized spacial score (nSPS) is 16.6. The molecule has 1 aliphatic rings. The molecule has 0 aliphatic carbocycles. The summed E-state index contributed by atoms with van der Waals surface area (Å²) in [5.74, 6) is 0.606. The first kappa shape index (κ1) is 14.7. The van der Waals surface area contributed by atoms with Crippen LogP contribution in [-0.4, -0.2) is 25.6 Å². The number of hydrogen-bond acceptors (Lipinski definition) is 3. The van der Waals surface area contributed by atoms with Gasteiger partial charge in [-0.3, -0.25) is 4.79 Å². The lowest BCUT2D eigenvalue weighted by Gasteiger charge is -2.35. The zero-order valence-corrected chi connectivity index (χ0v) is 13.0. The SMILES string of the molecule is CNC(=O)C1CN(Cc2cccc(Cl)c2)c2ccccc2O1. The molecule has 4 nitrogen and oxygen atoms in total. The average molecular weight is 317 g/mol. The Hall–Kier alpha value is -2.20. The molecular formula is C17H17ClN2O2. The van der Waals surface area contributed by atoms with Crippen LogP contribution in [0.1, 0.15) is 5.56 Å². The van der Waals surface area contributed by atoms with Crippen molar-refractivity contribution in [3.63, 3.8) is 0 Å². The van der Waals surface area contributed by atoms with Crippen LogP contribution in [0.3, 0.4) is 0 Å². The van der Waals surface area contributed by atoms with Crippen molar-refractivity contribution in [3.05, 3.63) is 59.1 Å². The van der Waals surface area contributed by atoms with E-state index in [4.69, 9.17) is 16.3 Å². The first-order chi connectivity index (χ1) is 10.7. The second-order valence-corrected chi connectivity index (χ2v) is 5.64. The summed E-state index contributed by atoms with van der Waals surface area (Å²) in [7, 11) is 1.62. The predicted molar refractivity (Wildman–Crippen MR) is 87.4 cm³/mol. The summed E-state index contributed by atoms with van der Waals surface area (Å²) in [6, 6.07) is 15.5. The van der Waals surface area contributed by atoms with E-state index in [0.717, 1.165) is 17.0 Å². The molecule has 5 heteroatoms. The summed E-state index contributed by atoms with van der Waals surface area (Å²) in [6.45, 7) is 1.18. The molecule has 0 saturated heterocycles. The lowest BCUT2D eigenvalue weighted by molar-refractivity contribution is -0.127. The van der Waals surface area contributed by atoms with Gasteiger partial charge in [0.05, 0.1) is 12.2 Å². The topological polar surface area (TPSA) is 41.6 Å². The van der Waals surface area contributed by atoms with Crippen LogP contribution in [0.4, 0.5) is 5.69 Å². The average Bonchev–Trinajstić information content (AvgIpc) is 2.54. The van der Waals surface area contributed by atoms with Crippen molar-refractivity contribution in [1.29, 1.82) is 0 Å². The standard InChI is InChI=1S/C17H17ClN2O2/c1-19-17(21)16-11-20(10-12-5-4-6-13(18)9-12)14-7-2-3-8-15(14)22-16/h2-9,16H,10-11H2,1H3,(H,19,21). The van der Waals surface area contributed by atoms with Gasteiger partial charge >= 0.3 is 0 Å². The van der Waals surface area contributed by atoms with E-state index in [9.17, 15) is 4.79 Å². The largest absolute Gasteiger partial charge is 0.477 e. The van der Waals surface area contributed by atoms with E-state index in [-0.39, 0.29) is 5.91 Å². The van der Waals surface area contributed by atoms with Gasteiger partial charge in [-0.05, 0) is 29.8 Å². The van der Waals surface area contributed by atoms with Crippen molar-refractivity contribution in [2.75, 3.05) is 18.5 Å². The molecule has 22 heavy (non-hydrogen) atoms. The smallest absolute Gasteiger partial charge is 0.262 e. The number of nitrogens with zero attached hydrogens (tertiary/aromatic N) is 1. The molecule has 1 heterocycles. The van der Waals surface area contributed by atoms with Gasteiger partial charge in [-0.15, -0.1) is 0 Å². The molecule has 0 spiro atoms. The van der Waals surface area contributed by atoms with Crippen LogP contribution < -0.4 is 15.0 Å². The van der Waals surface area contributed by atoms with E-state index >= 15 is 0 Å². The van der Waals surface area contributed by atoms with Crippen molar-refractivity contribution in [3.8, 4) is 5.75 Å². The van der Waals surface area contributed by atoms with E-state index in [1.54, 1.807) is 7.05 Å². The molecular weight excluding hydrogens is 300 g/mol. The van der Waals surface area contributed by atoms with Crippen molar-refractivity contribution < 1.29 is 9.53 Å². The van der Waals surface area contributed by atoms with E-state index in [1.165, 1.54) is 0 Å². The fourth-order valence-corrected chi connectivity index (χ4v) is 2.82. The number of benzene rings is 2. The molecule has 0 fully saturated rings. The maximum absolute atomic E-state index is 11.9. The highest BCUT2D eigenvalue weighted by molar-refractivity contribution is 6.30. The quantitative estimate of drug-likeness (QED) is 0.946. The minimum atomic E-state index is -0.515. The zero-order valence-electron chi connectivity index (χ0n) is 12.3. The first-order valence-corrected chi connectivity index (χ1v) is 7.52. The van der Waals surface area contributed by atoms with E-state index in [2.05, 4.69) is 10.2 Å². The van der Waals surface area contributed by atoms with Gasteiger partial charge in [0.1, 0.15) is 5.75 Å². The number of ether oxygens (including phenoxy) is 1. The van der Waals surface area contributed by atoms with E-state index in [1.807, 2.05) is 48.5 Å². The van der Waals surface area contributed by atoms with Crippen LogP contribution in [0, 0.1) is 0 Å². The second kappa shape index (κ2) is 6.28. The number of fused-ring (bicyclic) bond motifs is 1. The Kier molecular flexibility index (Phi) is 4.20. The van der Waals surface area contributed by atoms with Gasteiger partial charge in [-0.1, -0.05) is 35.9 Å². The molecule has 2 aromatic carbocycles. The predicted octanol–water partition coefficient (Wildman–Crippen LogP) is 2.85. The van der Waals surface area contributed by atoms with Gasteiger partial charge in [-0.25, -0.2) is 0 Å². The summed E-state index contributed by atoms with van der Waals surface area (Å²) in [6.07, 6.45) is -0.515. The number of amides is 1. The third-order valence-electron chi connectivity index (χ3n) is 3.66. The van der Waals surface area contributed by atoms with Crippen LogP contribution >= 0.6 is 11.6 Å². The van der Waals surface area contributed by atoms with Crippen LogP contribution in [0.15, 0.2) is 48.5 Å². The maximum atomic E-state index is 11.9. The van der Waals surface area contributed by atoms with Crippen LogP contribution in [0.5, 0.6) is 5.75 Å². The van der Waals surface area contributed by atoms with Gasteiger partial charge in [-0.2, -0.15) is 0 Å². The molecule has 0 aromatic heterocycles. The van der Waals surface area contributed by atoms with Crippen LogP contribution in [-0.2, 0) is 11.3 Å². The monoisotopic (exact) mass is 316 g/mol. The molecule has 0 bridgehead atoms. The number of carbonyl (C=O) groups excluding carboxylic acids is 1. The minimum absolute atomic E-state index is 0.120. The number of anilines is 1. The molecule has 1 aliphatic heterocycles. The summed E-state index contributed by atoms with van der Waals surface area (Å²) >= 11 is 6.06. The third kappa shape index (κ3) is 3.02. The Labute approximate surface area is 134 Å². The highest BCUT2D eigenvalue weighted by Gasteiger charge is 2.29. The van der Waals surface area contributed by atoms with Crippen molar-refractivity contribution in [1.82, 2.24) is 5.32 Å². The Morgan fingerprint density at radius 2 is 2.14 bits per heavy atom. The molecule has 0 saturated carbocycles. The highest BCUT2D eigenvalue weighted by atomic mass is 35.5. The van der Waals surface area contributed by atoms with Gasteiger partial charge in [0.15, 0.2) is 6.10 Å². The summed E-state index contributed by atoms with van der Waals surface area (Å²) in [5.41, 5.74) is 2.09. The molecule has 1 N–H and O–H groups in total. The lowest BCUT2D eigenvalue weighted by atomic mass is 10.1. The fraction of sp³-hybridized carbons (Fsp3) is 0.235. The summed E-state index contributed by atoms with van der Waals surface area (Å²) in [4.78, 5) is 14.1. The van der Waals surface area contributed by atoms with Crippen molar-refractivity contribution >= 4 is 23.2 Å². The van der Waals surface area contributed by atoms with Gasteiger partial charge in [0, 0.05) is 18.6 Å². The lowest BCUT2D eigenvalue weighted by Crippen LogP contribution is -2.47. The highest BCUT2D eigenvalue weighted by Crippen LogP contribution is 2.34. The molecule has 1 unspecified atom stereocenters. The number of halogens is 1. The zero-order chi connectivity index (χ0) is 15.5. The second-order valence-electron chi connectivity index (χ2n) is 5.20. The Morgan fingerprint density at radius 3 is 2.91 bits per heavy atom. The first-order valence-electron chi connectivity index (χ1n) is 7.14. The third-order valence-corrected chi connectivity index (χ3v) is 3.90. The number of rotatable bonds is 3. The Balaban J connectivity index is 1.89. The molecule has 114 valence electrons. The van der Waals surface area contributed by atoms with Crippen LogP contribution in [0.2, 0.25) is 5.02 Å². The Morgan fingerprint density at radius 1 is 1.32 bits per heavy atom. The number of nitrogens with one attached hydrogen (secondary N) is 1. The van der Waals surface area contributed by atoms with E-state index < -0.39 is 6.10 Å². The number of likely N-dealkylation sites (N-methyl/N-ethyl adjacent to an activating group) is 1. The molecule has 2 aromatic rings. The number of carbonyl (C=O) groups is 1. The van der Waals surface area contributed by atoms with Gasteiger partial charge < -0.3 is 15.0 Å². The van der Waals surface area contributed by atoms with Crippen LogP contribution in [0.25, 0.3) is 0 Å². The number of para-hydroxylation sites is 2. The minimum Gasteiger partial charge on any atom is -0.477 e. The van der Waals surface area contributed by atoms with E-state index in [0.29, 0.717) is 18.1 Å². The number of hydrogen-bond donors (Lipinski definition) is 1. The maximum Gasteiger partial charge on any atom is 0.262 e. The Bertz CT molecular complexity index is 690. The summed E-state index contributed by atoms with van der Waals surface area (Å²) < 4.78 is 5.80. The molecule has 1 atom stereocenters. The van der Waals surface area contributed by atoms with Gasteiger partial charge in [0.25, 0.3) is 5.91 Å². The molecule has 0 radical (unpaired) electrons. The fourth-order valence-electron chi connectivity index (χ4n) is 2.61. The molecule has 3 rings (SSSR count). The van der Waals surface area contributed by atoms with Crippen molar-refractivity contribution in [2.45, 2.75) is 12.6 Å².